The highest BCUT2D eigenvalue weighted by Gasteiger charge is 2.26. The Bertz CT molecular complexity index is 999. The highest BCUT2D eigenvalue weighted by atomic mass is 32.2. The molecule has 0 aliphatic carbocycles. The lowest BCUT2D eigenvalue weighted by Crippen LogP contribution is -2.32. The van der Waals surface area contributed by atoms with Gasteiger partial charge in [0.05, 0.1) is 24.6 Å². The lowest BCUT2D eigenvalue weighted by atomic mass is 10.1. The van der Waals surface area contributed by atoms with E-state index in [0.29, 0.717) is 11.7 Å². The average Bonchev–Trinajstić information content (AvgIpc) is 3.48. The number of nitrogens with one attached hydrogen (secondary N) is 1. The van der Waals surface area contributed by atoms with E-state index in [9.17, 15) is 4.79 Å². The van der Waals surface area contributed by atoms with Crippen molar-refractivity contribution in [3.8, 4) is 11.4 Å². The largest absolute Gasteiger partial charge is 0.495 e. The fourth-order valence-electron chi connectivity index (χ4n) is 3.61. The van der Waals surface area contributed by atoms with E-state index in [1.807, 2.05) is 53.3 Å². The normalized spacial score (nSPS) is 15.0. The van der Waals surface area contributed by atoms with Crippen molar-refractivity contribution in [2.45, 2.75) is 43.1 Å². The number of amides is 1. The van der Waals surface area contributed by atoms with E-state index in [-0.39, 0.29) is 11.2 Å². The van der Waals surface area contributed by atoms with E-state index < -0.39 is 0 Å². The van der Waals surface area contributed by atoms with Crippen LogP contribution in [-0.2, 0) is 11.3 Å². The van der Waals surface area contributed by atoms with Gasteiger partial charge in [-0.3, -0.25) is 9.36 Å². The van der Waals surface area contributed by atoms with E-state index in [4.69, 9.17) is 4.74 Å². The number of thioether (sulfide) groups is 1. The number of hydrogen-bond acceptors (Lipinski definition) is 7. The van der Waals surface area contributed by atoms with Crippen LogP contribution in [0.15, 0.2) is 46.9 Å². The van der Waals surface area contributed by atoms with Crippen LogP contribution in [0.1, 0.15) is 31.1 Å². The molecule has 1 aliphatic rings. The summed E-state index contributed by atoms with van der Waals surface area (Å²) in [6.45, 7) is 4.35. The maximum atomic E-state index is 12.7. The van der Waals surface area contributed by atoms with Crippen LogP contribution in [0.2, 0.25) is 0 Å². The molecule has 164 valence electrons. The third kappa shape index (κ3) is 5.04. The van der Waals surface area contributed by atoms with Crippen LogP contribution in [0.3, 0.4) is 0 Å². The molecule has 1 aliphatic heterocycles. The summed E-state index contributed by atoms with van der Waals surface area (Å²) < 4.78 is 7.64. The fraction of sp³-hybridized carbons (Fsp3) is 0.409. The van der Waals surface area contributed by atoms with E-state index >= 15 is 0 Å². The minimum Gasteiger partial charge on any atom is -0.495 e. The standard InChI is InChI=1S/C22H27N5O2S2/c1-16(20(28)23-15-17-9-8-14-30-17)31-22-25-24-21(26-12-6-3-7-13-26)27(22)18-10-4-5-11-19(18)29-2/h4-5,8-11,14,16H,3,6-7,12-13,15H2,1-2H3,(H,23,28). The number of carbonyl (C=O) groups is 1. The molecule has 0 bridgehead atoms. The van der Waals surface area contributed by atoms with Gasteiger partial charge in [0.15, 0.2) is 5.16 Å². The third-order valence-electron chi connectivity index (χ3n) is 5.25. The zero-order chi connectivity index (χ0) is 21.6. The summed E-state index contributed by atoms with van der Waals surface area (Å²) in [6.07, 6.45) is 3.52. The van der Waals surface area contributed by atoms with E-state index in [1.54, 1.807) is 18.4 Å². The number of ether oxygens (including phenoxy) is 1. The number of benzene rings is 1. The van der Waals surface area contributed by atoms with Gasteiger partial charge in [0, 0.05) is 18.0 Å². The van der Waals surface area contributed by atoms with Crippen LogP contribution in [0, 0.1) is 0 Å². The zero-order valence-electron chi connectivity index (χ0n) is 17.8. The predicted octanol–water partition coefficient (Wildman–Crippen LogP) is 4.12. The minimum atomic E-state index is -0.313. The molecule has 4 rings (SSSR count). The van der Waals surface area contributed by atoms with Gasteiger partial charge in [-0.15, -0.1) is 21.5 Å². The van der Waals surface area contributed by atoms with Crippen LogP contribution >= 0.6 is 23.1 Å². The molecular formula is C22H27N5O2S2. The van der Waals surface area contributed by atoms with Gasteiger partial charge in [-0.1, -0.05) is 30.0 Å². The molecule has 0 radical (unpaired) electrons. The monoisotopic (exact) mass is 457 g/mol. The Labute approximate surface area is 190 Å². The van der Waals surface area contributed by atoms with Crippen molar-refractivity contribution in [1.82, 2.24) is 20.1 Å². The smallest absolute Gasteiger partial charge is 0.233 e. The molecule has 2 aromatic heterocycles. The number of para-hydroxylation sites is 2. The summed E-state index contributed by atoms with van der Waals surface area (Å²) in [4.78, 5) is 16.1. The number of aromatic nitrogens is 3. The molecule has 1 unspecified atom stereocenters. The van der Waals surface area contributed by atoms with Crippen LogP contribution in [0.5, 0.6) is 5.75 Å². The quantitative estimate of drug-likeness (QED) is 0.513. The van der Waals surface area contributed by atoms with Crippen molar-refractivity contribution >= 4 is 35.0 Å². The van der Waals surface area contributed by atoms with Gasteiger partial charge in [-0.25, -0.2) is 0 Å². The first-order chi connectivity index (χ1) is 15.2. The first kappa shape index (κ1) is 21.7. The van der Waals surface area contributed by atoms with Gasteiger partial charge < -0.3 is 15.0 Å². The Hall–Kier alpha value is -2.52. The van der Waals surface area contributed by atoms with E-state index in [2.05, 4.69) is 20.4 Å². The summed E-state index contributed by atoms with van der Waals surface area (Å²) in [7, 11) is 1.66. The highest BCUT2D eigenvalue weighted by molar-refractivity contribution is 8.00. The van der Waals surface area contributed by atoms with Gasteiger partial charge in [-0.2, -0.15) is 0 Å². The predicted molar refractivity (Wildman–Crippen MR) is 125 cm³/mol. The van der Waals surface area contributed by atoms with Crippen molar-refractivity contribution < 1.29 is 9.53 Å². The molecule has 1 aromatic carbocycles. The van der Waals surface area contributed by atoms with Crippen molar-refractivity contribution in [1.29, 1.82) is 0 Å². The van der Waals surface area contributed by atoms with E-state index in [1.165, 1.54) is 18.2 Å². The molecule has 1 amide bonds. The maximum Gasteiger partial charge on any atom is 0.233 e. The zero-order valence-corrected chi connectivity index (χ0v) is 19.4. The minimum absolute atomic E-state index is 0.0208. The van der Waals surface area contributed by atoms with Crippen molar-refractivity contribution in [3.63, 3.8) is 0 Å². The molecule has 1 atom stereocenters. The maximum absolute atomic E-state index is 12.7. The molecule has 31 heavy (non-hydrogen) atoms. The van der Waals surface area contributed by atoms with Crippen LogP contribution in [0.25, 0.3) is 5.69 Å². The second-order valence-corrected chi connectivity index (χ2v) is 9.73. The van der Waals surface area contributed by atoms with Gasteiger partial charge >= 0.3 is 0 Å². The number of piperidine rings is 1. The molecule has 1 saturated heterocycles. The van der Waals surface area contributed by atoms with Crippen molar-refractivity contribution in [2.75, 3.05) is 25.1 Å². The molecule has 7 nitrogen and oxygen atoms in total. The Balaban J connectivity index is 1.59. The number of hydrogen-bond donors (Lipinski definition) is 1. The number of anilines is 1. The van der Waals surface area contributed by atoms with Crippen LogP contribution in [0.4, 0.5) is 5.95 Å². The topological polar surface area (TPSA) is 72.3 Å². The molecule has 3 aromatic rings. The Kier molecular flexibility index (Phi) is 7.14. The number of thiophene rings is 1. The Morgan fingerprint density at radius 1 is 1.19 bits per heavy atom. The number of nitrogens with zero attached hydrogens (tertiary/aromatic N) is 4. The van der Waals surface area contributed by atoms with Gasteiger partial charge in [-0.05, 0) is 49.8 Å². The first-order valence-electron chi connectivity index (χ1n) is 10.5. The summed E-state index contributed by atoms with van der Waals surface area (Å²) in [5.41, 5.74) is 0.879. The summed E-state index contributed by atoms with van der Waals surface area (Å²) >= 11 is 3.05. The number of rotatable bonds is 8. The SMILES string of the molecule is COc1ccccc1-n1c(SC(C)C(=O)NCc2cccs2)nnc1N1CCCCC1. The van der Waals surface area contributed by atoms with Gasteiger partial charge in [0.1, 0.15) is 5.75 Å². The summed E-state index contributed by atoms with van der Waals surface area (Å²) in [5, 5.41) is 14.4. The molecule has 1 N–H and O–H groups in total. The molecule has 0 saturated carbocycles. The molecule has 9 heteroatoms. The molecular weight excluding hydrogens is 430 g/mol. The Morgan fingerprint density at radius 2 is 2.00 bits per heavy atom. The van der Waals surface area contributed by atoms with Gasteiger partial charge in [0.25, 0.3) is 0 Å². The molecule has 0 spiro atoms. The first-order valence-corrected chi connectivity index (χ1v) is 12.2. The Morgan fingerprint density at radius 3 is 2.74 bits per heavy atom. The fourth-order valence-corrected chi connectivity index (χ4v) is 5.13. The lowest BCUT2D eigenvalue weighted by molar-refractivity contribution is -0.120. The van der Waals surface area contributed by atoms with E-state index in [0.717, 1.165) is 48.2 Å². The average molecular weight is 458 g/mol. The van der Waals surface area contributed by atoms with Gasteiger partial charge in [0.2, 0.25) is 11.9 Å². The summed E-state index contributed by atoms with van der Waals surface area (Å²) in [6, 6.07) is 11.9. The highest BCUT2D eigenvalue weighted by Crippen LogP contribution is 2.34. The lowest BCUT2D eigenvalue weighted by Gasteiger charge is -2.28. The summed E-state index contributed by atoms with van der Waals surface area (Å²) in [5.74, 6) is 1.53. The number of carbonyl (C=O) groups excluding carboxylic acids is 1. The van der Waals surface area contributed by atoms with Crippen LogP contribution in [-0.4, -0.2) is 46.1 Å². The molecule has 1 fully saturated rings. The van der Waals surface area contributed by atoms with Crippen molar-refractivity contribution in [2.24, 2.45) is 0 Å². The second-order valence-electron chi connectivity index (χ2n) is 7.39. The number of methoxy groups -OCH3 is 1. The third-order valence-corrected chi connectivity index (χ3v) is 7.17. The molecule has 3 heterocycles. The van der Waals surface area contributed by atoms with Crippen LogP contribution < -0.4 is 15.0 Å². The van der Waals surface area contributed by atoms with Crippen molar-refractivity contribution in [3.05, 3.63) is 46.7 Å². The second kappa shape index (κ2) is 10.2.